The second-order valence-electron chi connectivity index (χ2n) is 4.91. The molecule has 0 radical (unpaired) electrons. The largest absolute Gasteiger partial charge is 0.311 e. The molecule has 14 heavy (non-hydrogen) atoms. The molecule has 2 heteroatoms. The zero-order chi connectivity index (χ0) is 9.97. The van der Waals surface area contributed by atoms with Crippen molar-refractivity contribution < 1.29 is 0 Å². The fourth-order valence-electron chi connectivity index (χ4n) is 3.07. The van der Waals surface area contributed by atoms with E-state index < -0.39 is 0 Å². The molecule has 2 aliphatic rings. The lowest BCUT2D eigenvalue weighted by molar-refractivity contribution is 0.0540. The minimum atomic E-state index is 0.780. The van der Waals surface area contributed by atoms with E-state index in [-0.39, 0.29) is 0 Å². The predicted molar refractivity (Wildman–Crippen MR) is 60.5 cm³/mol. The molecule has 1 saturated heterocycles. The topological polar surface area (TPSA) is 15.3 Å². The maximum atomic E-state index is 3.69. The highest BCUT2D eigenvalue weighted by molar-refractivity contribution is 4.93. The van der Waals surface area contributed by atoms with Crippen molar-refractivity contribution in [2.24, 2.45) is 0 Å². The fraction of sp³-hybridized carbons (Fsp3) is 1.00. The van der Waals surface area contributed by atoms with Crippen LogP contribution in [0.25, 0.3) is 0 Å². The van der Waals surface area contributed by atoms with Gasteiger partial charge in [-0.2, -0.15) is 0 Å². The average molecular weight is 196 g/mol. The smallest absolute Gasteiger partial charge is 0.0252 e. The minimum absolute atomic E-state index is 0.780. The van der Waals surface area contributed by atoms with Crippen LogP contribution < -0.4 is 5.32 Å². The molecule has 2 fully saturated rings. The lowest BCUT2D eigenvalue weighted by atomic mass is 9.86. The molecule has 0 spiro atoms. The first-order chi connectivity index (χ1) is 6.83. The van der Waals surface area contributed by atoms with Crippen molar-refractivity contribution in [1.29, 1.82) is 0 Å². The molecular weight excluding hydrogens is 172 g/mol. The quantitative estimate of drug-likeness (QED) is 0.726. The van der Waals surface area contributed by atoms with Crippen molar-refractivity contribution in [2.45, 2.75) is 64.1 Å². The van der Waals surface area contributed by atoms with Gasteiger partial charge in [0.25, 0.3) is 0 Å². The standard InChI is InChI=1S/C12H24N2/c1-3-10(2)14-9-8-13-11-6-4-5-7-12(11)14/h10-13H,3-9H2,1-2H3. The van der Waals surface area contributed by atoms with E-state index in [0.29, 0.717) is 0 Å². The van der Waals surface area contributed by atoms with Gasteiger partial charge in [0.2, 0.25) is 0 Å². The number of hydrogen-bond donors (Lipinski definition) is 1. The highest BCUT2D eigenvalue weighted by atomic mass is 15.3. The lowest BCUT2D eigenvalue weighted by Crippen LogP contribution is -2.61. The van der Waals surface area contributed by atoms with Crippen LogP contribution in [0.15, 0.2) is 0 Å². The van der Waals surface area contributed by atoms with Gasteiger partial charge in [-0.1, -0.05) is 19.8 Å². The van der Waals surface area contributed by atoms with E-state index in [2.05, 4.69) is 24.1 Å². The Morgan fingerprint density at radius 1 is 1.36 bits per heavy atom. The van der Waals surface area contributed by atoms with Gasteiger partial charge >= 0.3 is 0 Å². The van der Waals surface area contributed by atoms with Gasteiger partial charge in [-0.15, -0.1) is 0 Å². The summed E-state index contributed by atoms with van der Waals surface area (Å²) in [7, 11) is 0. The first kappa shape index (κ1) is 10.4. The van der Waals surface area contributed by atoms with Crippen molar-refractivity contribution >= 4 is 0 Å². The highest BCUT2D eigenvalue weighted by Gasteiger charge is 2.34. The van der Waals surface area contributed by atoms with Crippen molar-refractivity contribution in [3.05, 3.63) is 0 Å². The number of rotatable bonds is 2. The zero-order valence-electron chi connectivity index (χ0n) is 9.63. The van der Waals surface area contributed by atoms with E-state index in [0.717, 1.165) is 18.1 Å². The summed E-state index contributed by atoms with van der Waals surface area (Å²) in [6.07, 6.45) is 6.99. The molecule has 0 aromatic rings. The number of hydrogen-bond acceptors (Lipinski definition) is 2. The van der Waals surface area contributed by atoms with Crippen LogP contribution in [-0.2, 0) is 0 Å². The van der Waals surface area contributed by atoms with Crippen molar-refractivity contribution in [1.82, 2.24) is 10.2 Å². The molecule has 0 aromatic carbocycles. The Morgan fingerprint density at radius 3 is 2.93 bits per heavy atom. The summed E-state index contributed by atoms with van der Waals surface area (Å²) in [4.78, 5) is 2.75. The maximum Gasteiger partial charge on any atom is 0.0252 e. The molecule has 82 valence electrons. The molecule has 0 amide bonds. The molecule has 2 rings (SSSR count). The number of nitrogens with zero attached hydrogens (tertiary/aromatic N) is 1. The zero-order valence-corrected chi connectivity index (χ0v) is 9.63. The Bertz CT molecular complexity index is 177. The second kappa shape index (κ2) is 4.63. The summed E-state index contributed by atoms with van der Waals surface area (Å²) in [5, 5.41) is 3.69. The summed E-state index contributed by atoms with van der Waals surface area (Å²) < 4.78 is 0. The predicted octanol–water partition coefficient (Wildman–Crippen LogP) is 2.00. The SMILES string of the molecule is CCC(C)N1CCNC2CCCCC21. The molecular formula is C12H24N2. The monoisotopic (exact) mass is 196 g/mol. The van der Waals surface area contributed by atoms with Crippen LogP contribution in [0.1, 0.15) is 46.0 Å². The number of fused-ring (bicyclic) bond motifs is 1. The van der Waals surface area contributed by atoms with Gasteiger partial charge in [-0.05, 0) is 26.2 Å². The first-order valence-corrected chi connectivity index (χ1v) is 6.32. The van der Waals surface area contributed by atoms with E-state index in [9.17, 15) is 0 Å². The number of piperazine rings is 1. The van der Waals surface area contributed by atoms with E-state index in [1.807, 2.05) is 0 Å². The van der Waals surface area contributed by atoms with Gasteiger partial charge in [0.05, 0.1) is 0 Å². The number of nitrogens with one attached hydrogen (secondary N) is 1. The average Bonchev–Trinajstić information content (AvgIpc) is 2.27. The molecule has 1 N–H and O–H groups in total. The van der Waals surface area contributed by atoms with Crippen LogP contribution in [-0.4, -0.2) is 36.1 Å². The minimum Gasteiger partial charge on any atom is -0.311 e. The molecule has 1 aliphatic heterocycles. The molecule has 3 unspecified atom stereocenters. The van der Waals surface area contributed by atoms with Gasteiger partial charge in [0.1, 0.15) is 0 Å². The second-order valence-corrected chi connectivity index (χ2v) is 4.91. The van der Waals surface area contributed by atoms with E-state index >= 15 is 0 Å². The summed E-state index contributed by atoms with van der Waals surface area (Å²) in [5.41, 5.74) is 0. The Kier molecular flexibility index (Phi) is 3.45. The molecule has 0 bridgehead atoms. The van der Waals surface area contributed by atoms with Crippen LogP contribution in [0, 0.1) is 0 Å². The van der Waals surface area contributed by atoms with Crippen LogP contribution in [0.2, 0.25) is 0 Å². The molecule has 1 heterocycles. The fourth-order valence-corrected chi connectivity index (χ4v) is 3.07. The highest BCUT2D eigenvalue weighted by Crippen LogP contribution is 2.27. The van der Waals surface area contributed by atoms with Gasteiger partial charge < -0.3 is 5.32 Å². The maximum absolute atomic E-state index is 3.69. The van der Waals surface area contributed by atoms with Crippen molar-refractivity contribution in [3.8, 4) is 0 Å². The Morgan fingerprint density at radius 2 is 2.14 bits per heavy atom. The van der Waals surface area contributed by atoms with Gasteiger partial charge in [-0.3, -0.25) is 4.90 Å². The van der Waals surface area contributed by atoms with Gasteiger partial charge in [0.15, 0.2) is 0 Å². The van der Waals surface area contributed by atoms with Crippen LogP contribution in [0.3, 0.4) is 0 Å². The van der Waals surface area contributed by atoms with Crippen LogP contribution in [0.4, 0.5) is 0 Å². The Balaban J connectivity index is 2.01. The summed E-state index contributed by atoms with van der Waals surface area (Å²) in [5.74, 6) is 0. The molecule has 1 saturated carbocycles. The molecule has 0 aromatic heterocycles. The summed E-state index contributed by atoms with van der Waals surface area (Å²) in [6.45, 7) is 7.16. The van der Waals surface area contributed by atoms with E-state index in [1.165, 1.54) is 45.2 Å². The van der Waals surface area contributed by atoms with E-state index in [4.69, 9.17) is 0 Å². The third-order valence-electron chi connectivity index (χ3n) is 4.09. The summed E-state index contributed by atoms with van der Waals surface area (Å²) in [6, 6.07) is 2.42. The normalized spacial score (nSPS) is 36.4. The Labute approximate surface area is 88.1 Å². The molecule has 2 nitrogen and oxygen atoms in total. The summed E-state index contributed by atoms with van der Waals surface area (Å²) >= 11 is 0. The molecule has 1 aliphatic carbocycles. The third kappa shape index (κ3) is 1.96. The van der Waals surface area contributed by atoms with Crippen molar-refractivity contribution in [3.63, 3.8) is 0 Å². The lowest BCUT2D eigenvalue weighted by Gasteiger charge is -2.47. The van der Waals surface area contributed by atoms with Gasteiger partial charge in [-0.25, -0.2) is 0 Å². The van der Waals surface area contributed by atoms with Crippen LogP contribution >= 0.6 is 0 Å². The molecule has 3 atom stereocenters. The first-order valence-electron chi connectivity index (χ1n) is 6.32. The van der Waals surface area contributed by atoms with Crippen LogP contribution in [0.5, 0.6) is 0 Å². The Hall–Kier alpha value is -0.0800. The van der Waals surface area contributed by atoms with Gasteiger partial charge in [0, 0.05) is 31.2 Å². The van der Waals surface area contributed by atoms with Crippen molar-refractivity contribution in [2.75, 3.05) is 13.1 Å². The third-order valence-corrected chi connectivity index (χ3v) is 4.09. The van der Waals surface area contributed by atoms with E-state index in [1.54, 1.807) is 0 Å².